The van der Waals surface area contributed by atoms with Crippen LogP contribution in [0.4, 0.5) is 11.6 Å². The predicted octanol–water partition coefficient (Wildman–Crippen LogP) is 2.34. The topological polar surface area (TPSA) is 92.9 Å². The Morgan fingerprint density at radius 3 is 2.54 bits per heavy atom. The normalized spacial score (nSPS) is 14.7. The molecule has 9 heteroatoms. The van der Waals surface area contributed by atoms with Gasteiger partial charge in [-0.05, 0) is 37.0 Å². The van der Waals surface area contributed by atoms with Gasteiger partial charge in [0.15, 0.2) is 11.6 Å². The zero-order valence-corrected chi connectivity index (χ0v) is 14.6. The number of anilines is 2. The fourth-order valence-corrected chi connectivity index (χ4v) is 3.76. The number of hydrogen-bond donors (Lipinski definition) is 1. The SMILES string of the molecule is Cc1nc(CCNc2nc3nonc3nc2N2CCCC2)sc1C. The number of aryl methyl sites for hydroxylation is 2. The summed E-state index contributed by atoms with van der Waals surface area (Å²) in [5.74, 6) is 1.58. The molecular weight excluding hydrogens is 326 g/mol. The molecule has 3 aromatic heterocycles. The highest BCUT2D eigenvalue weighted by atomic mass is 32.1. The van der Waals surface area contributed by atoms with Crippen molar-refractivity contribution in [2.24, 2.45) is 0 Å². The first-order chi connectivity index (χ1) is 11.7. The van der Waals surface area contributed by atoms with Gasteiger partial charge >= 0.3 is 0 Å². The van der Waals surface area contributed by atoms with Crippen molar-refractivity contribution >= 4 is 34.3 Å². The van der Waals surface area contributed by atoms with Crippen molar-refractivity contribution in [3.63, 3.8) is 0 Å². The van der Waals surface area contributed by atoms with Crippen LogP contribution < -0.4 is 10.2 Å². The molecule has 1 N–H and O–H groups in total. The first kappa shape index (κ1) is 15.3. The maximum Gasteiger partial charge on any atom is 0.245 e. The lowest BCUT2D eigenvalue weighted by Crippen LogP contribution is -2.22. The second-order valence-corrected chi connectivity index (χ2v) is 7.22. The van der Waals surface area contributed by atoms with Crippen LogP contribution in [0.15, 0.2) is 4.63 Å². The number of fused-ring (bicyclic) bond motifs is 1. The molecule has 4 rings (SSSR count). The Hall–Kier alpha value is -2.29. The van der Waals surface area contributed by atoms with Crippen LogP contribution >= 0.6 is 11.3 Å². The van der Waals surface area contributed by atoms with Gasteiger partial charge in [-0.2, -0.15) is 0 Å². The zero-order chi connectivity index (χ0) is 16.5. The van der Waals surface area contributed by atoms with E-state index in [4.69, 9.17) is 4.63 Å². The maximum atomic E-state index is 4.75. The molecule has 0 amide bonds. The minimum Gasteiger partial charge on any atom is -0.367 e. The zero-order valence-electron chi connectivity index (χ0n) is 13.7. The molecule has 0 aromatic carbocycles. The Morgan fingerprint density at radius 2 is 1.83 bits per heavy atom. The monoisotopic (exact) mass is 345 g/mol. The first-order valence-corrected chi connectivity index (χ1v) is 8.94. The van der Waals surface area contributed by atoms with E-state index in [0.29, 0.717) is 11.3 Å². The van der Waals surface area contributed by atoms with Crippen LogP contribution in [0.1, 0.15) is 28.4 Å². The van der Waals surface area contributed by atoms with E-state index in [9.17, 15) is 0 Å². The molecule has 0 spiro atoms. The molecule has 24 heavy (non-hydrogen) atoms. The van der Waals surface area contributed by atoms with Crippen LogP contribution in [0, 0.1) is 13.8 Å². The number of hydrogen-bond acceptors (Lipinski definition) is 9. The molecule has 4 heterocycles. The van der Waals surface area contributed by atoms with Gasteiger partial charge in [-0.25, -0.2) is 19.6 Å². The largest absolute Gasteiger partial charge is 0.367 e. The fourth-order valence-electron chi connectivity index (χ4n) is 2.83. The average molecular weight is 345 g/mol. The Morgan fingerprint density at radius 1 is 1.08 bits per heavy atom. The van der Waals surface area contributed by atoms with E-state index in [1.165, 1.54) is 17.7 Å². The summed E-state index contributed by atoms with van der Waals surface area (Å²) in [7, 11) is 0. The van der Waals surface area contributed by atoms with E-state index in [1.807, 2.05) is 6.92 Å². The smallest absolute Gasteiger partial charge is 0.245 e. The van der Waals surface area contributed by atoms with Gasteiger partial charge in [-0.1, -0.05) is 0 Å². The van der Waals surface area contributed by atoms with Crippen molar-refractivity contribution in [1.82, 2.24) is 25.3 Å². The van der Waals surface area contributed by atoms with Crippen LogP contribution in [0.2, 0.25) is 0 Å². The standard InChI is InChI=1S/C15H19N7OS/c1-9-10(2)24-11(17-9)5-6-16-14-15(22-7-3-4-8-22)19-13-12(18-14)20-23-21-13/h3-8H2,1-2H3,(H,16,18,20). The molecule has 3 aromatic rings. The average Bonchev–Trinajstić information content (AvgIpc) is 3.29. The third-order valence-corrected chi connectivity index (χ3v) is 5.34. The first-order valence-electron chi connectivity index (χ1n) is 8.13. The summed E-state index contributed by atoms with van der Waals surface area (Å²) in [5.41, 5.74) is 2.00. The molecule has 1 fully saturated rings. The number of rotatable bonds is 5. The van der Waals surface area contributed by atoms with Gasteiger partial charge < -0.3 is 10.2 Å². The number of thiazole rings is 1. The van der Waals surface area contributed by atoms with Crippen LogP contribution in [0.5, 0.6) is 0 Å². The molecular formula is C15H19N7OS. The lowest BCUT2D eigenvalue weighted by molar-refractivity contribution is 0.314. The molecule has 1 aliphatic rings. The molecule has 0 unspecified atom stereocenters. The van der Waals surface area contributed by atoms with Crippen LogP contribution in [-0.2, 0) is 6.42 Å². The van der Waals surface area contributed by atoms with Crippen molar-refractivity contribution < 1.29 is 4.63 Å². The molecule has 8 nitrogen and oxygen atoms in total. The summed E-state index contributed by atoms with van der Waals surface area (Å²) < 4.78 is 4.75. The van der Waals surface area contributed by atoms with E-state index in [2.05, 4.69) is 42.4 Å². The van der Waals surface area contributed by atoms with Crippen LogP contribution in [-0.4, -0.2) is 44.9 Å². The minimum absolute atomic E-state index is 0.432. The van der Waals surface area contributed by atoms with Gasteiger partial charge in [-0.15, -0.1) is 11.3 Å². The highest BCUT2D eigenvalue weighted by molar-refractivity contribution is 7.11. The van der Waals surface area contributed by atoms with E-state index in [0.717, 1.165) is 48.4 Å². The molecule has 0 bridgehead atoms. The molecule has 0 radical (unpaired) electrons. The summed E-state index contributed by atoms with van der Waals surface area (Å²) in [6.45, 7) is 6.88. The van der Waals surface area contributed by atoms with Gasteiger partial charge in [0.1, 0.15) is 0 Å². The van der Waals surface area contributed by atoms with E-state index < -0.39 is 0 Å². The molecule has 1 aliphatic heterocycles. The minimum atomic E-state index is 0.432. The maximum absolute atomic E-state index is 4.75. The summed E-state index contributed by atoms with van der Waals surface area (Å²) in [5, 5.41) is 12.1. The fraction of sp³-hybridized carbons (Fsp3) is 0.533. The molecule has 0 saturated carbocycles. The lowest BCUT2D eigenvalue weighted by atomic mass is 10.4. The Labute approximate surface area is 143 Å². The second kappa shape index (κ2) is 6.31. The van der Waals surface area contributed by atoms with Gasteiger partial charge in [-0.3, -0.25) is 0 Å². The van der Waals surface area contributed by atoms with Crippen molar-refractivity contribution in [1.29, 1.82) is 0 Å². The summed E-state index contributed by atoms with van der Waals surface area (Å²) in [6.07, 6.45) is 3.21. The Balaban J connectivity index is 1.54. The summed E-state index contributed by atoms with van der Waals surface area (Å²) in [4.78, 5) is 17.2. The third-order valence-electron chi connectivity index (χ3n) is 4.21. The Kier molecular flexibility index (Phi) is 4.01. The predicted molar refractivity (Wildman–Crippen MR) is 92.6 cm³/mol. The van der Waals surface area contributed by atoms with E-state index in [1.54, 1.807) is 11.3 Å². The van der Waals surface area contributed by atoms with E-state index in [-0.39, 0.29) is 0 Å². The molecule has 126 valence electrons. The van der Waals surface area contributed by atoms with Crippen LogP contribution in [0.25, 0.3) is 11.3 Å². The number of aromatic nitrogens is 5. The van der Waals surface area contributed by atoms with Gasteiger partial charge in [0.2, 0.25) is 11.3 Å². The van der Waals surface area contributed by atoms with Gasteiger partial charge in [0.05, 0.1) is 10.7 Å². The second-order valence-electron chi connectivity index (χ2n) is 5.93. The highest BCUT2D eigenvalue weighted by Crippen LogP contribution is 2.27. The lowest BCUT2D eigenvalue weighted by Gasteiger charge is -2.19. The molecule has 1 saturated heterocycles. The van der Waals surface area contributed by atoms with Crippen LogP contribution in [0.3, 0.4) is 0 Å². The van der Waals surface area contributed by atoms with E-state index >= 15 is 0 Å². The molecule has 0 aliphatic carbocycles. The van der Waals surface area contributed by atoms with Gasteiger partial charge in [0.25, 0.3) is 0 Å². The molecule has 0 atom stereocenters. The van der Waals surface area contributed by atoms with Gasteiger partial charge in [0, 0.05) is 30.9 Å². The number of nitrogens with one attached hydrogen (secondary N) is 1. The van der Waals surface area contributed by atoms with Crippen molar-refractivity contribution in [2.75, 3.05) is 29.9 Å². The summed E-state index contributed by atoms with van der Waals surface area (Å²) in [6, 6.07) is 0. The van der Waals surface area contributed by atoms with Crippen molar-refractivity contribution in [3.8, 4) is 0 Å². The van der Waals surface area contributed by atoms with Crippen molar-refractivity contribution in [3.05, 3.63) is 15.6 Å². The Bertz CT molecular complexity index is 833. The third kappa shape index (κ3) is 2.91. The van der Waals surface area contributed by atoms with Crippen molar-refractivity contribution in [2.45, 2.75) is 33.1 Å². The highest BCUT2D eigenvalue weighted by Gasteiger charge is 2.21. The number of nitrogens with zero attached hydrogens (tertiary/aromatic N) is 6. The quantitative estimate of drug-likeness (QED) is 0.753. The summed E-state index contributed by atoms with van der Waals surface area (Å²) >= 11 is 1.75.